The molecule has 43 heavy (non-hydrogen) atoms. The molecule has 2 N–H and O–H groups in total. The van der Waals surface area contributed by atoms with Gasteiger partial charge in [-0.3, -0.25) is 9.59 Å². The molecular weight excluding hydrogens is 554 g/mol. The third kappa shape index (κ3) is 5.14. The van der Waals surface area contributed by atoms with E-state index in [0.29, 0.717) is 37.3 Å². The molecule has 11 heteroatoms. The summed E-state index contributed by atoms with van der Waals surface area (Å²) in [4.78, 5) is 37.2. The number of hydrogen-bond acceptors (Lipinski definition) is 6. The molecule has 1 fully saturated rings. The van der Waals surface area contributed by atoms with Crippen molar-refractivity contribution in [2.24, 2.45) is 5.41 Å². The van der Waals surface area contributed by atoms with Crippen molar-refractivity contribution in [2.45, 2.75) is 65.3 Å². The number of ether oxygens (including phenoxy) is 1. The van der Waals surface area contributed by atoms with E-state index in [1.165, 1.54) is 17.3 Å². The van der Waals surface area contributed by atoms with Crippen molar-refractivity contribution in [1.82, 2.24) is 24.3 Å². The monoisotopic (exact) mass is 590 g/mol. The summed E-state index contributed by atoms with van der Waals surface area (Å²) in [6, 6.07) is 5.24. The highest BCUT2D eigenvalue weighted by Gasteiger charge is 2.40. The van der Waals surface area contributed by atoms with Gasteiger partial charge in [0.1, 0.15) is 30.5 Å². The Morgan fingerprint density at radius 1 is 1.26 bits per heavy atom. The van der Waals surface area contributed by atoms with Gasteiger partial charge in [0.2, 0.25) is 5.91 Å². The molecule has 1 aromatic carbocycles. The Morgan fingerprint density at radius 2 is 2.05 bits per heavy atom. The Kier molecular flexibility index (Phi) is 7.22. The van der Waals surface area contributed by atoms with Gasteiger partial charge in [-0.15, -0.1) is 0 Å². The normalized spacial score (nSPS) is 20.7. The lowest BCUT2D eigenvalue weighted by molar-refractivity contribution is -0.127. The summed E-state index contributed by atoms with van der Waals surface area (Å²) >= 11 is 0. The molecule has 9 nitrogen and oxygen atoms in total. The van der Waals surface area contributed by atoms with Gasteiger partial charge in [-0.1, -0.05) is 32.6 Å². The average Bonchev–Trinajstić information content (AvgIpc) is 3.58. The largest absolute Gasteiger partial charge is 0.485 e. The van der Waals surface area contributed by atoms with Gasteiger partial charge in [0.25, 0.3) is 5.91 Å². The molecule has 0 saturated carbocycles. The predicted molar refractivity (Wildman–Crippen MR) is 158 cm³/mol. The Balaban J connectivity index is 1.20. The maximum atomic E-state index is 15.4. The molecule has 4 heterocycles. The SMILES string of the molecule is C=CC(=O)N1C[C@H](F)C[C@H]1COc1c(N)ncnc1-c1ccc(CN2CCn3c4c(c(F)c3C2=O)CC(C)(C)C4)c(C)c1. The lowest BCUT2D eigenvalue weighted by Crippen LogP contribution is -2.40. The lowest BCUT2D eigenvalue weighted by Gasteiger charge is -2.30. The van der Waals surface area contributed by atoms with Crippen LogP contribution >= 0.6 is 0 Å². The Hall–Kier alpha value is -4.28. The molecule has 226 valence electrons. The minimum absolute atomic E-state index is 0.00464. The molecule has 2 atom stereocenters. The van der Waals surface area contributed by atoms with Crippen LogP contribution in [0.5, 0.6) is 5.75 Å². The molecule has 3 aromatic rings. The van der Waals surface area contributed by atoms with Gasteiger partial charge in [0.15, 0.2) is 17.4 Å². The number of halogens is 2. The first-order chi connectivity index (χ1) is 20.5. The van der Waals surface area contributed by atoms with Gasteiger partial charge in [-0.05, 0) is 48.4 Å². The topological polar surface area (TPSA) is 107 Å². The summed E-state index contributed by atoms with van der Waals surface area (Å²) in [6.45, 7) is 11.1. The molecule has 0 bridgehead atoms. The number of rotatable bonds is 7. The minimum atomic E-state index is -1.14. The third-order valence-electron chi connectivity index (χ3n) is 8.85. The summed E-state index contributed by atoms with van der Waals surface area (Å²) in [5.41, 5.74) is 11.0. The van der Waals surface area contributed by atoms with Crippen molar-refractivity contribution >= 4 is 17.6 Å². The highest BCUT2D eigenvalue weighted by molar-refractivity contribution is 5.94. The maximum absolute atomic E-state index is 15.4. The molecule has 6 rings (SSSR count). The number of nitrogens with zero attached hydrogens (tertiary/aromatic N) is 5. The predicted octanol–water partition coefficient (Wildman–Crippen LogP) is 4.26. The van der Waals surface area contributed by atoms with Gasteiger partial charge in [0, 0.05) is 42.9 Å². The molecule has 1 saturated heterocycles. The standard InChI is InChI=1S/C32H36F2N6O3/c1-5-25(41)40-15-21(33)11-22(40)16-43-29-27(36-17-37-30(29)35)19-6-7-20(18(2)10-19)14-38-8-9-39-24-13-32(3,4)12-23(24)26(34)28(39)31(38)42/h5-7,10,17,21-22H,1,8-9,11-16H2,2-4H3,(H2,35,36,37)/t21-,22+/m1/s1. The summed E-state index contributed by atoms with van der Waals surface area (Å²) in [5, 5.41) is 0. The molecule has 0 unspecified atom stereocenters. The third-order valence-corrected chi connectivity index (χ3v) is 8.85. The van der Waals surface area contributed by atoms with E-state index >= 15 is 4.39 Å². The minimum Gasteiger partial charge on any atom is -0.485 e. The van der Waals surface area contributed by atoms with Crippen LogP contribution in [0.1, 0.15) is 53.1 Å². The van der Waals surface area contributed by atoms with E-state index in [0.717, 1.165) is 28.8 Å². The van der Waals surface area contributed by atoms with Crippen LogP contribution in [0.25, 0.3) is 11.3 Å². The zero-order chi connectivity index (χ0) is 30.6. The lowest BCUT2D eigenvalue weighted by atomic mass is 9.90. The number of nitrogens with two attached hydrogens (primary N) is 1. The maximum Gasteiger partial charge on any atom is 0.273 e. The fourth-order valence-electron chi connectivity index (χ4n) is 6.69. The van der Waals surface area contributed by atoms with Crippen LogP contribution in [-0.2, 0) is 30.7 Å². The van der Waals surface area contributed by atoms with Crippen LogP contribution in [0, 0.1) is 18.2 Å². The summed E-state index contributed by atoms with van der Waals surface area (Å²) in [7, 11) is 0. The molecule has 0 radical (unpaired) electrons. The average molecular weight is 591 g/mol. The molecule has 2 amide bonds. The molecule has 0 spiro atoms. The van der Waals surface area contributed by atoms with Crippen LogP contribution in [-0.4, -0.2) is 68.1 Å². The van der Waals surface area contributed by atoms with E-state index in [1.807, 2.05) is 29.7 Å². The zero-order valence-electron chi connectivity index (χ0n) is 24.7. The van der Waals surface area contributed by atoms with Gasteiger partial charge in [0.05, 0.1) is 12.6 Å². The van der Waals surface area contributed by atoms with Crippen LogP contribution in [0.15, 0.2) is 37.2 Å². The smallest absolute Gasteiger partial charge is 0.273 e. The molecule has 2 aliphatic heterocycles. The van der Waals surface area contributed by atoms with E-state index < -0.39 is 12.2 Å². The quantitative estimate of drug-likeness (QED) is 0.413. The Morgan fingerprint density at radius 3 is 2.79 bits per heavy atom. The van der Waals surface area contributed by atoms with Crippen LogP contribution in [0.2, 0.25) is 0 Å². The van der Waals surface area contributed by atoms with Crippen LogP contribution in [0.3, 0.4) is 0 Å². The fraction of sp³-hybridized carbons (Fsp3) is 0.438. The number of amides is 2. The van der Waals surface area contributed by atoms with Gasteiger partial charge < -0.3 is 24.8 Å². The second-order valence-electron chi connectivity index (χ2n) is 12.6. The summed E-state index contributed by atoms with van der Waals surface area (Å²) < 4.78 is 37.5. The van der Waals surface area contributed by atoms with E-state index in [4.69, 9.17) is 10.5 Å². The molecule has 2 aromatic heterocycles. The number of hydrogen-bond donors (Lipinski definition) is 1. The van der Waals surface area contributed by atoms with Crippen molar-refractivity contribution in [3.63, 3.8) is 0 Å². The number of alkyl halides is 1. The number of carbonyl (C=O) groups excluding carboxylic acids is 2. The number of benzene rings is 1. The first-order valence-corrected chi connectivity index (χ1v) is 14.6. The number of aromatic nitrogens is 3. The van der Waals surface area contributed by atoms with E-state index in [9.17, 15) is 14.0 Å². The van der Waals surface area contributed by atoms with E-state index in [-0.39, 0.29) is 59.9 Å². The first-order valence-electron chi connectivity index (χ1n) is 14.6. The van der Waals surface area contributed by atoms with Crippen LogP contribution < -0.4 is 10.5 Å². The van der Waals surface area contributed by atoms with Gasteiger partial charge in [-0.2, -0.15) is 0 Å². The summed E-state index contributed by atoms with van der Waals surface area (Å²) in [6.07, 6.45) is 2.94. The van der Waals surface area contributed by atoms with E-state index in [2.05, 4.69) is 30.4 Å². The summed E-state index contributed by atoms with van der Waals surface area (Å²) in [5.74, 6) is -0.629. The first kappa shape index (κ1) is 28.8. The second-order valence-corrected chi connectivity index (χ2v) is 12.6. The van der Waals surface area contributed by atoms with Gasteiger partial charge >= 0.3 is 0 Å². The van der Waals surface area contributed by atoms with E-state index in [1.54, 1.807) is 4.90 Å². The molecule has 1 aliphatic carbocycles. The van der Waals surface area contributed by atoms with Crippen molar-refractivity contribution in [1.29, 1.82) is 0 Å². The Bertz CT molecular complexity index is 1630. The fourth-order valence-corrected chi connectivity index (χ4v) is 6.69. The number of carbonyl (C=O) groups is 2. The Labute approximate surface area is 249 Å². The number of fused-ring (bicyclic) bond motifs is 3. The molecular formula is C32H36F2N6O3. The van der Waals surface area contributed by atoms with Crippen molar-refractivity contribution in [3.05, 3.63) is 71.1 Å². The number of anilines is 1. The number of likely N-dealkylation sites (tertiary alicyclic amines) is 1. The van der Waals surface area contributed by atoms with Crippen LogP contribution in [0.4, 0.5) is 14.6 Å². The number of nitrogen functional groups attached to an aromatic ring is 1. The van der Waals surface area contributed by atoms with Crippen molar-refractivity contribution < 1.29 is 23.1 Å². The number of aryl methyl sites for hydroxylation is 1. The highest BCUT2D eigenvalue weighted by Crippen LogP contribution is 2.41. The van der Waals surface area contributed by atoms with Crippen molar-refractivity contribution in [2.75, 3.05) is 25.4 Å². The second kappa shape index (κ2) is 10.8. The van der Waals surface area contributed by atoms with Gasteiger partial charge in [-0.25, -0.2) is 18.7 Å². The zero-order valence-corrected chi connectivity index (χ0v) is 24.7. The molecule has 3 aliphatic rings. The van der Waals surface area contributed by atoms with Crippen molar-refractivity contribution in [3.8, 4) is 17.0 Å². The highest BCUT2D eigenvalue weighted by atomic mass is 19.1.